The second-order valence-electron chi connectivity index (χ2n) is 5.85. The normalized spacial score (nSPS) is 19.4. The Morgan fingerprint density at radius 2 is 2.11 bits per heavy atom. The number of carbonyl (C=O) groups excluding carboxylic acids is 1. The first-order valence-corrected chi connectivity index (χ1v) is 6.49. The molecule has 0 atom stereocenters. The van der Waals surface area contributed by atoms with Gasteiger partial charge in [-0.25, -0.2) is 4.98 Å². The highest BCUT2D eigenvalue weighted by atomic mass is 16.1. The Hall–Kier alpha value is -1.58. The quantitative estimate of drug-likeness (QED) is 0.843. The van der Waals surface area contributed by atoms with Gasteiger partial charge in [0.15, 0.2) is 0 Å². The molecule has 1 amide bonds. The summed E-state index contributed by atoms with van der Waals surface area (Å²) in [6.45, 7) is 4.56. The molecule has 0 saturated heterocycles. The number of nitrogens with zero attached hydrogens (tertiary/aromatic N) is 1. The zero-order valence-corrected chi connectivity index (χ0v) is 11.1. The second-order valence-corrected chi connectivity index (χ2v) is 5.85. The van der Waals surface area contributed by atoms with Crippen molar-refractivity contribution in [2.24, 2.45) is 5.41 Å². The molecule has 4 nitrogen and oxygen atoms in total. The summed E-state index contributed by atoms with van der Waals surface area (Å²) < 4.78 is 0. The van der Waals surface area contributed by atoms with Crippen LogP contribution in [0, 0.1) is 5.41 Å². The minimum atomic E-state index is -0.106. The lowest BCUT2D eigenvalue weighted by Gasteiger charge is -2.34. The Kier molecular flexibility index (Phi) is 3.55. The molecule has 0 unspecified atom stereocenters. The molecule has 2 rings (SSSR count). The summed E-state index contributed by atoms with van der Waals surface area (Å²) in [4.78, 5) is 16.0. The molecule has 98 valence electrons. The fourth-order valence-electron chi connectivity index (χ4n) is 2.42. The molecule has 0 aliphatic heterocycles. The van der Waals surface area contributed by atoms with E-state index in [2.05, 4.69) is 24.1 Å². The van der Waals surface area contributed by atoms with Crippen LogP contribution in [0.5, 0.6) is 0 Å². The van der Waals surface area contributed by atoms with Crippen LogP contribution in [-0.4, -0.2) is 16.9 Å². The van der Waals surface area contributed by atoms with E-state index >= 15 is 0 Å². The van der Waals surface area contributed by atoms with Crippen LogP contribution >= 0.6 is 0 Å². The molecule has 1 aromatic rings. The number of amides is 1. The van der Waals surface area contributed by atoms with Crippen LogP contribution in [0.1, 0.15) is 49.9 Å². The van der Waals surface area contributed by atoms with Gasteiger partial charge in [0.1, 0.15) is 5.82 Å². The van der Waals surface area contributed by atoms with E-state index in [9.17, 15) is 4.79 Å². The van der Waals surface area contributed by atoms with Crippen LogP contribution in [0.25, 0.3) is 0 Å². The molecule has 0 bridgehead atoms. The first-order chi connectivity index (χ1) is 8.48. The van der Waals surface area contributed by atoms with Crippen LogP contribution in [0.2, 0.25) is 0 Å². The summed E-state index contributed by atoms with van der Waals surface area (Å²) >= 11 is 0. The Balaban J connectivity index is 1.95. The fourth-order valence-corrected chi connectivity index (χ4v) is 2.42. The maximum absolute atomic E-state index is 12.1. The van der Waals surface area contributed by atoms with Gasteiger partial charge in [-0.2, -0.15) is 0 Å². The van der Waals surface area contributed by atoms with Crippen LogP contribution in [0.4, 0.5) is 5.82 Å². The fraction of sp³-hybridized carbons (Fsp3) is 0.571. The maximum atomic E-state index is 12.1. The van der Waals surface area contributed by atoms with Crippen molar-refractivity contribution in [1.82, 2.24) is 10.3 Å². The van der Waals surface area contributed by atoms with E-state index in [1.54, 1.807) is 18.3 Å². The lowest BCUT2D eigenvalue weighted by molar-refractivity contribution is 0.0909. The third-order valence-electron chi connectivity index (χ3n) is 3.76. The van der Waals surface area contributed by atoms with Gasteiger partial charge in [-0.3, -0.25) is 4.79 Å². The van der Waals surface area contributed by atoms with Crippen LogP contribution in [0.15, 0.2) is 18.3 Å². The summed E-state index contributed by atoms with van der Waals surface area (Å²) in [7, 11) is 0. The van der Waals surface area contributed by atoms with E-state index < -0.39 is 0 Å². The van der Waals surface area contributed by atoms with Crippen molar-refractivity contribution in [3.8, 4) is 0 Å². The van der Waals surface area contributed by atoms with Gasteiger partial charge < -0.3 is 11.1 Å². The molecule has 1 aliphatic carbocycles. The van der Waals surface area contributed by atoms with E-state index in [0.717, 1.165) is 25.7 Å². The zero-order valence-electron chi connectivity index (χ0n) is 11.1. The smallest absolute Gasteiger partial charge is 0.255 e. The number of rotatable bonds is 2. The van der Waals surface area contributed by atoms with Crippen LogP contribution < -0.4 is 11.1 Å². The Morgan fingerprint density at radius 3 is 2.72 bits per heavy atom. The molecule has 0 aromatic carbocycles. The van der Waals surface area contributed by atoms with Crippen molar-refractivity contribution in [3.05, 3.63) is 23.9 Å². The van der Waals surface area contributed by atoms with Gasteiger partial charge in [-0.15, -0.1) is 0 Å². The van der Waals surface area contributed by atoms with Crippen LogP contribution in [-0.2, 0) is 0 Å². The molecular formula is C14H21N3O. The molecule has 1 heterocycles. The molecular weight excluding hydrogens is 226 g/mol. The lowest BCUT2D eigenvalue weighted by atomic mass is 9.75. The van der Waals surface area contributed by atoms with E-state index in [0.29, 0.717) is 16.8 Å². The standard InChI is InChI=1S/C14H21N3O/c1-14(2)7-5-10(6-8-14)17-13(18)11-4-3-9-16-12(11)15/h3-4,9-10H,5-8H2,1-2H3,(H2,15,16)(H,17,18). The van der Waals surface area contributed by atoms with E-state index in [1.807, 2.05) is 0 Å². The van der Waals surface area contributed by atoms with Crippen LogP contribution in [0.3, 0.4) is 0 Å². The summed E-state index contributed by atoms with van der Waals surface area (Å²) in [5, 5.41) is 3.05. The third-order valence-corrected chi connectivity index (χ3v) is 3.76. The van der Waals surface area contributed by atoms with Crippen molar-refractivity contribution in [2.75, 3.05) is 5.73 Å². The van der Waals surface area contributed by atoms with Gasteiger partial charge in [-0.1, -0.05) is 13.8 Å². The molecule has 0 radical (unpaired) electrons. The maximum Gasteiger partial charge on any atom is 0.255 e. The number of nitrogens with one attached hydrogen (secondary N) is 1. The Bertz CT molecular complexity index is 432. The Morgan fingerprint density at radius 1 is 1.44 bits per heavy atom. The first kappa shape index (κ1) is 12.9. The highest BCUT2D eigenvalue weighted by molar-refractivity contribution is 5.98. The number of nitrogens with two attached hydrogens (primary N) is 1. The molecule has 1 aromatic heterocycles. The minimum Gasteiger partial charge on any atom is -0.383 e. The summed E-state index contributed by atoms with van der Waals surface area (Å²) in [6.07, 6.45) is 5.98. The topological polar surface area (TPSA) is 68.0 Å². The molecule has 18 heavy (non-hydrogen) atoms. The van der Waals surface area contributed by atoms with E-state index in [1.165, 1.54) is 0 Å². The van der Waals surface area contributed by atoms with E-state index in [-0.39, 0.29) is 11.9 Å². The van der Waals surface area contributed by atoms with Crippen molar-refractivity contribution >= 4 is 11.7 Å². The molecule has 0 spiro atoms. The highest BCUT2D eigenvalue weighted by Gasteiger charge is 2.27. The SMILES string of the molecule is CC1(C)CCC(NC(=O)c2cccnc2N)CC1. The van der Waals surface area contributed by atoms with Gasteiger partial charge in [0.25, 0.3) is 5.91 Å². The predicted octanol–water partition coefficient (Wildman–Crippen LogP) is 2.36. The number of nitrogen functional groups attached to an aromatic ring is 1. The number of hydrogen-bond donors (Lipinski definition) is 2. The van der Waals surface area contributed by atoms with Gasteiger partial charge in [-0.05, 0) is 43.2 Å². The number of hydrogen-bond acceptors (Lipinski definition) is 3. The van der Waals surface area contributed by atoms with Crippen molar-refractivity contribution in [1.29, 1.82) is 0 Å². The van der Waals surface area contributed by atoms with Gasteiger partial charge in [0, 0.05) is 12.2 Å². The minimum absolute atomic E-state index is 0.106. The molecule has 1 fully saturated rings. The summed E-state index contributed by atoms with van der Waals surface area (Å²) in [5.41, 5.74) is 6.58. The first-order valence-electron chi connectivity index (χ1n) is 6.49. The summed E-state index contributed by atoms with van der Waals surface area (Å²) in [6, 6.07) is 3.71. The van der Waals surface area contributed by atoms with E-state index in [4.69, 9.17) is 5.73 Å². The van der Waals surface area contributed by atoms with Gasteiger partial charge in [0.2, 0.25) is 0 Å². The number of anilines is 1. The van der Waals surface area contributed by atoms with Crippen molar-refractivity contribution in [2.45, 2.75) is 45.6 Å². The Labute approximate surface area is 108 Å². The average Bonchev–Trinajstić information content (AvgIpc) is 2.32. The molecule has 1 saturated carbocycles. The predicted molar refractivity (Wildman–Crippen MR) is 72.2 cm³/mol. The van der Waals surface area contributed by atoms with Crippen molar-refractivity contribution in [3.63, 3.8) is 0 Å². The van der Waals surface area contributed by atoms with Crippen molar-refractivity contribution < 1.29 is 4.79 Å². The zero-order chi connectivity index (χ0) is 13.2. The molecule has 4 heteroatoms. The lowest BCUT2D eigenvalue weighted by Crippen LogP contribution is -2.39. The average molecular weight is 247 g/mol. The van der Waals surface area contributed by atoms with Gasteiger partial charge in [0.05, 0.1) is 5.56 Å². The number of pyridine rings is 1. The highest BCUT2D eigenvalue weighted by Crippen LogP contribution is 2.35. The largest absolute Gasteiger partial charge is 0.383 e. The second kappa shape index (κ2) is 4.96. The number of carbonyl (C=O) groups is 1. The monoisotopic (exact) mass is 247 g/mol. The third kappa shape index (κ3) is 3.00. The molecule has 1 aliphatic rings. The van der Waals surface area contributed by atoms with Gasteiger partial charge >= 0.3 is 0 Å². The number of aromatic nitrogens is 1. The molecule has 3 N–H and O–H groups in total. The summed E-state index contributed by atoms with van der Waals surface area (Å²) in [5.74, 6) is 0.191.